The fraction of sp³-hybridized carbons (Fsp3) is 0. The molecule has 4 rings (SSSR count). The Balaban J connectivity index is 1.38. The van der Waals surface area contributed by atoms with Gasteiger partial charge in [-0.3, -0.25) is 4.98 Å². The number of nitrogens with one attached hydrogen (secondary N) is 2. The lowest BCUT2D eigenvalue weighted by Crippen LogP contribution is -2.19. The van der Waals surface area contributed by atoms with Crippen LogP contribution in [0.25, 0.3) is 10.9 Å². The lowest BCUT2D eigenvalue weighted by molar-refractivity contribution is 0.262. The molecule has 0 saturated carbocycles. The van der Waals surface area contributed by atoms with Crippen LogP contribution < -0.4 is 15.4 Å². The number of hydrogen-bond acceptors (Lipinski definition) is 5. The predicted octanol–water partition coefficient (Wildman–Crippen LogP) is 4.94. The molecular weight excluding hydrogens is 366 g/mol. The number of anilines is 2. The summed E-state index contributed by atoms with van der Waals surface area (Å²) in [5, 5.41) is 15.4. The van der Waals surface area contributed by atoms with E-state index in [9.17, 15) is 4.79 Å². The molecule has 7 heteroatoms. The van der Waals surface area contributed by atoms with Crippen molar-refractivity contribution < 1.29 is 9.53 Å². The molecule has 0 bridgehead atoms. The molecule has 2 aromatic heterocycles. The molecular formula is C22H15N5O2. The van der Waals surface area contributed by atoms with Gasteiger partial charge >= 0.3 is 6.03 Å². The third-order valence-electron chi connectivity index (χ3n) is 4.05. The summed E-state index contributed by atoms with van der Waals surface area (Å²) >= 11 is 0. The van der Waals surface area contributed by atoms with Crippen LogP contribution in [0, 0.1) is 11.3 Å². The molecule has 0 spiro atoms. The van der Waals surface area contributed by atoms with Gasteiger partial charge in [-0.1, -0.05) is 6.07 Å². The fourth-order valence-corrected chi connectivity index (χ4v) is 2.72. The molecule has 0 radical (unpaired) electrons. The second-order valence-electron chi connectivity index (χ2n) is 6.11. The smallest absolute Gasteiger partial charge is 0.323 e. The van der Waals surface area contributed by atoms with E-state index in [1.54, 1.807) is 48.7 Å². The summed E-state index contributed by atoms with van der Waals surface area (Å²) in [4.78, 5) is 20.4. The number of urea groups is 1. The van der Waals surface area contributed by atoms with Crippen LogP contribution >= 0.6 is 0 Å². The van der Waals surface area contributed by atoms with Crippen LogP contribution in [-0.4, -0.2) is 16.0 Å². The van der Waals surface area contributed by atoms with E-state index in [1.165, 1.54) is 6.20 Å². The van der Waals surface area contributed by atoms with Crippen LogP contribution in [0.4, 0.5) is 16.2 Å². The second-order valence-corrected chi connectivity index (χ2v) is 6.11. The Hall–Kier alpha value is -4.44. The Morgan fingerprint density at radius 2 is 1.66 bits per heavy atom. The molecule has 4 aromatic rings. The Bertz CT molecular complexity index is 1220. The minimum absolute atomic E-state index is 0.280. The van der Waals surface area contributed by atoms with Crippen LogP contribution in [0.3, 0.4) is 0 Å². The number of benzene rings is 2. The summed E-state index contributed by atoms with van der Waals surface area (Å²) in [5.74, 6) is 1.09. The van der Waals surface area contributed by atoms with Gasteiger partial charge in [0.05, 0.1) is 5.52 Å². The van der Waals surface area contributed by atoms with E-state index in [4.69, 9.17) is 10.00 Å². The zero-order valence-electron chi connectivity index (χ0n) is 15.2. The van der Waals surface area contributed by atoms with Crippen molar-refractivity contribution in [2.45, 2.75) is 0 Å². The Labute approximate surface area is 166 Å². The molecule has 0 atom stereocenters. The maximum atomic E-state index is 12.3. The molecule has 0 aliphatic carbocycles. The number of hydrogen-bond donors (Lipinski definition) is 2. The number of rotatable bonds is 4. The van der Waals surface area contributed by atoms with Gasteiger partial charge in [0.1, 0.15) is 23.3 Å². The quantitative estimate of drug-likeness (QED) is 0.522. The zero-order chi connectivity index (χ0) is 20.1. The first-order chi connectivity index (χ1) is 14.2. The molecule has 2 N–H and O–H groups in total. The van der Waals surface area contributed by atoms with Crippen LogP contribution in [0.1, 0.15) is 5.69 Å². The summed E-state index contributed by atoms with van der Waals surface area (Å²) in [6, 6.07) is 21.0. The number of amides is 2. The molecule has 0 unspecified atom stereocenters. The normalized spacial score (nSPS) is 10.2. The summed E-state index contributed by atoms with van der Waals surface area (Å²) in [6.45, 7) is 0. The van der Waals surface area contributed by atoms with Gasteiger partial charge in [0.25, 0.3) is 0 Å². The second kappa shape index (κ2) is 8.06. The van der Waals surface area contributed by atoms with Gasteiger partial charge in [-0.2, -0.15) is 5.26 Å². The van der Waals surface area contributed by atoms with Crippen LogP contribution in [0.15, 0.2) is 79.1 Å². The standard InChI is InChI=1S/C22H15N5O2/c23-14-18-13-20(9-11-24-18)29-19-6-3-16(4-7-19)26-22(28)27-17-5-8-21-15(12-17)2-1-10-25-21/h1-13H,(H2,26,27,28). The summed E-state index contributed by atoms with van der Waals surface area (Å²) in [6.07, 6.45) is 3.24. The molecule has 0 aliphatic heterocycles. The van der Waals surface area contributed by atoms with Crippen molar-refractivity contribution in [1.29, 1.82) is 5.26 Å². The first-order valence-corrected chi connectivity index (χ1v) is 8.76. The molecule has 2 aromatic carbocycles. The van der Waals surface area contributed by atoms with Crippen LogP contribution in [0.5, 0.6) is 11.5 Å². The minimum Gasteiger partial charge on any atom is -0.457 e. The number of nitrogens with zero attached hydrogens (tertiary/aromatic N) is 3. The SMILES string of the molecule is N#Cc1cc(Oc2ccc(NC(=O)Nc3ccc4ncccc4c3)cc2)ccn1. The molecule has 140 valence electrons. The molecule has 0 fully saturated rings. The topological polar surface area (TPSA) is 99.9 Å². The molecule has 29 heavy (non-hydrogen) atoms. The van der Waals surface area contributed by atoms with E-state index in [1.807, 2.05) is 30.3 Å². The highest BCUT2D eigenvalue weighted by Crippen LogP contribution is 2.23. The predicted molar refractivity (Wildman–Crippen MR) is 110 cm³/mol. The van der Waals surface area contributed by atoms with Crippen molar-refractivity contribution in [3.8, 4) is 17.6 Å². The lowest BCUT2D eigenvalue weighted by Gasteiger charge is -2.10. The Morgan fingerprint density at radius 3 is 2.48 bits per heavy atom. The first-order valence-electron chi connectivity index (χ1n) is 8.76. The van der Waals surface area contributed by atoms with E-state index in [0.717, 1.165) is 10.9 Å². The van der Waals surface area contributed by atoms with Gasteiger partial charge in [0.15, 0.2) is 0 Å². The number of aromatic nitrogens is 2. The third-order valence-corrected chi connectivity index (χ3v) is 4.05. The lowest BCUT2D eigenvalue weighted by atomic mass is 10.2. The number of ether oxygens (including phenoxy) is 1. The fourth-order valence-electron chi connectivity index (χ4n) is 2.72. The van der Waals surface area contributed by atoms with Gasteiger partial charge in [-0.15, -0.1) is 0 Å². The van der Waals surface area contributed by atoms with Crippen molar-refractivity contribution in [2.24, 2.45) is 0 Å². The summed E-state index contributed by atoms with van der Waals surface area (Å²) in [5.41, 5.74) is 2.44. The van der Waals surface area contributed by atoms with Crippen molar-refractivity contribution in [3.63, 3.8) is 0 Å². The molecule has 7 nitrogen and oxygen atoms in total. The highest BCUT2D eigenvalue weighted by molar-refractivity contribution is 6.00. The van der Waals surface area contributed by atoms with E-state index < -0.39 is 0 Å². The highest BCUT2D eigenvalue weighted by atomic mass is 16.5. The maximum Gasteiger partial charge on any atom is 0.323 e. The van der Waals surface area contributed by atoms with Crippen molar-refractivity contribution in [1.82, 2.24) is 9.97 Å². The average molecular weight is 381 g/mol. The molecule has 0 saturated heterocycles. The van der Waals surface area contributed by atoms with E-state index in [-0.39, 0.29) is 11.7 Å². The zero-order valence-corrected chi connectivity index (χ0v) is 15.2. The maximum absolute atomic E-state index is 12.3. The third kappa shape index (κ3) is 4.46. The highest BCUT2D eigenvalue weighted by Gasteiger charge is 2.05. The number of pyridine rings is 2. The van der Waals surface area contributed by atoms with Gasteiger partial charge in [0, 0.05) is 35.2 Å². The number of carbonyl (C=O) groups is 1. The Kier molecular flexibility index (Phi) is 4.99. The molecule has 2 heterocycles. The number of nitriles is 1. The largest absolute Gasteiger partial charge is 0.457 e. The van der Waals surface area contributed by atoms with Gasteiger partial charge in [-0.25, -0.2) is 9.78 Å². The van der Waals surface area contributed by atoms with Gasteiger partial charge < -0.3 is 15.4 Å². The number of carbonyl (C=O) groups excluding carboxylic acids is 1. The summed E-state index contributed by atoms with van der Waals surface area (Å²) in [7, 11) is 0. The van der Waals surface area contributed by atoms with Crippen LogP contribution in [0.2, 0.25) is 0 Å². The van der Waals surface area contributed by atoms with Gasteiger partial charge in [0.2, 0.25) is 0 Å². The Morgan fingerprint density at radius 1 is 0.862 bits per heavy atom. The van der Waals surface area contributed by atoms with Gasteiger partial charge in [-0.05, 0) is 54.6 Å². The number of fused-ring (bicyclic) bond motifs is 1. The molecule has 0 aliphatic rings. The summed E-state index contributed by atoms with van der Waals surface area (Å²) < 4.78 is 5.69. The van der Waals surface area contributed by atoms with Crippen molar-refractivity contribution >= 4 is 28.3 Å². The van der Waals surface area contributed by atoms with Crippen molar-refractivity contribution in [3.05, 3.63) is 84.8 Å². The monoisotopic (exact) mass is 381 g/mol. The van der Waals surface area contributed by atoms with E-state index >= 15 is 0 Å². The van der Waals surface area contributed by atoms with E-state index in [2.05, 4.69) is 20.6 Å². The van der Waals surface area contributed by atoms with E-state index in [0.29, 0.717) is 22.9 Å². The van der Waals surface area contributed by atoms with Crippen LogP contribution in [-0.2, 0) is 0 Å². The molecule has 2 amide bonds. The van der Waals surface area contributed by atoms with Crippen molar-refractivity contribution in [2.75, 3.05) is 10.6 Å². The minimum atomic E-state index is -0.352. The average Bonchev–Trinajstić information content (AvgIpc) is 2.75. The first kappa shape index (κ1) is 17.9.